The third-order valence-corrected chi connectivity index (χ3v) is 3.73. The van der Waals surface area contributed by atoms with Gasteiger partial charge in [0.25, 0.3) is 5.91 Å². The van der Waals surface area contributed by atoms with Crippen LogP contribution < -0.4 is 5.32 Å². The minimum atomic E-state index is -0.784. The number of nitrogens with one attached hydrogen (secondary N) is 1. The molecule has 1 aromatic carbocycles. The highest BCUT2D eigenvalue weighted by Gasteiger charge is 2.15. The molecule has 0 aliphatic carbocycles. The van der Waals surface area contributed by atoms with Crippen molar-refractivity contribution >= 4 is 23.2 Å². The first-order valence-corrected chi connectivity index (χ1v) is 6.51. The number of hydrogen-bond donors (Lipinski definition) is 1. The molecule has 0 radical (unpaired) electrons. The summed E-state index contributed by atoms with van der Waals surface area (Å²) < 4.78 is 13.2. The summed E-state index contributed by atoms with van der Waals surface area (Å²) in [6, 6.07) is 7.71. The number of aryl methyl sites for hydroxylation is 1. The van der Waals surface area contributed by atoms with Crippen molar-refractivity contribution in [1.82, 2.24) is 5.32 Å². The number of carbonyl (C=O) groups excluding carboxylic acids is 2. The fourth-order valence-corrected chi connectivity index (χ4v) is 2.71. The summed E-state index contributed by atoms with van der Waals surface area (Å²) >= 11 is 1.35. The van der Waals surface area contributed by atoms with Crippen molar-refractivity contribution in [3.05, 3.63) is 46.6 Å². The van der Waals surface area contributed by atoms with E-state index >= 15 is 0 Å². The summed E-state index contributed by atoms with van der Waals surface area (Å²) in [5.41, 5.74) is 1.04. The third-order valence-electron chi connectivity index (χ3n) is 2.63. The van der Waals surface area contributed by atoms with E-state index in [0.29, 0.717) is 11.1 Å². The van der Waals surface area contributed by atoms with Crippen molar-refractivity contribution < 1.29 is 14.0 Å². The SMILES string of the molecule is C#CC(=O)NC(=O)c1cc(-c2cccc(F)c2)sc1C. The molecule has 0 bridgehead atoms. The molecular weight excluding hydrogens is 277 g/mol. The first-order valence-electron chi connectivity index (χ1n) is 5.69. The van der Waals surface area contributed by atoms with E-state index in [2.05, 4.69) is 5.32 Å². The normalized spacial score (nSPS) is 9.85. The van der Waals surface area contributed by atoms with Crippen molar-refractivity contribution in [3.8, 4) is 22.8 Å². The fourth-order valence-electron chi connectivity index (χ4n) is 1.70. The average molecular weight is 287 g/mol. The molecule has 3 nitrogen and oxygen atoms in total. The minimum absolute atomic E-state index is 0.345. The maximum Gasteiger partial charge on any atom is 0.302 e. The van der Waals surface area contributed by atoms with E-state index in [0.717, 1.165) is 9.75 Å². The molecule has 1 heterocycles. The van der Waals surface area contributed by atoms with E-state index in [1.54, 1.807) is 25.1 Å². The van der Waals surface area contributed by atoms with Gasteiger partial charge in [0.2, 0.25) is 0 Å². The van der Waals surface area contributed by atoms with Crippen LogP contribution in [0.3, 0.4) is 0 Å². The Labute approximate surface area is 119 Å². The van der Waals surface area contributed by atoms with Gasteiger partial charge < -0.3 is 0 Å². The number of halogens is 1. The van der Waals surface area contributed by atoms with Crippen LogP contribution in [0.15, 0.2) is 30.3 Å². The van der Waals surface area contributed by atoms with Gasteiger partial charge in [-0.1, -0.05) is 12.1 Å². The molecule has 5 heteroatoms. The molecule has 0 spiro atoms. The first-order chi connectivity index (χ1) is 9.51. The number of hydrogen-bond acceptors (Lipinski definition) is 3. The lowest BCUT2D eigenvalue weighted by molar-refractivity contribution is -0.114. The molecule has 100 valence electrons. The molecule has 0 unspecified atom stereocenters. The molecule has 1 N–H and O–H groups in total. The van der Waals surface area contributed by atoms with Crippen molar-refractivity contribution in [3.63, 3.8) is 0 Å². The van der Waals surface area contributed by atoms with Gasteiger partial charge in [-0.2, -0.15) is 0 Å². The number of thiophene rings is 1. The molecule has 2 rings (SSSR count). The van der Waals surface area contributed by atoms with Gasteiger partial charge in [-0.05, 0) is 36.6 Å². The fraction of sp³-hybridized carbons (Fsp3) is 0.0667. The molecule has 0 aliphatic heterocycles. The molecule has 1 aromatic heterocycles. The Morgan fingerprint density at radius 1 is 1.35 bits per heavy atom. The number of carbonyl (C=O) groups is 2. The summed E-state index contributed by atoms with van der Waals surface area (Å²) in [7, 11) is 0. The summed E-state index contributed by atoms with van der Waals surface area (Å²) in [4.78, 5) is 24.3. The van der Waals surface area contributed by atoms with Gasteiger partial charge >= 0.3 is 5.91 Å². The number of amides is 2. The highest BCUT2D eigenvalue weighted by Crippen LogP contribution is 2.31. The standard InChI is InChI=1S/C15H10FNO2S/c1-3-14(18)17-15(19)12-8-13(20-9(12)2)10-5-4-6-11(16)7-10/h1,4-8H,2H3,(H,17,18,19). The number of benzene rings is 1. The van der Waals surface area contributed by atoms with Crippen LogP contribution in [0.2, 0.25) is 0 Å². The van der Waals surface area contributed by atoms with E-state index in [4.69, 9.17) is 6.42 Å². The van der Waals surface area contributed by atoms with Gasteiger partial charge in [0.05, 0.1) is 5.56 Å². The van der Waals surface area contributed by atoms with Crippen LogP contribution in [0.1, 0.15) is 15.2 Å². The Morgan fingerprint density at radius 2 is 2.10 bits per heavy atom. The first kappa shape index (κ1) is 14.0. The zero-order valence-electron chi connectivity index (χ0n) is 10.6. The smallest absolute Gasteiger partial charge is 0.281 e. The zero-order chi connectivity index (χ0) is 14.7. The van der Waals surface area contributed by atoms with E-state index in [-0.39, 0.29) is 5.82 Å². The van der Waals surface area contributed by atoms with E-state index < -0.39 is 11.8 Å². The van der Waals surface area contributed by atoms with Gasteiger partial charge in [-0.25, -0.2) is 4.39 Å². The van der Waals surface area contributed by atoms with Gasteiger partial charge in [0, 0.05) is 9.75 Å². The number of rotatable bonds is 2. The Balaban J connectivity index is 2.33. The lowest BCUT2D eigenvalue weighted by atomic mass is 10.1. The predicted molar refractivity (Wildman–Crippen MR) is 75.8 cm³/mol. The minimum Gasteiger partial charge on any atom is -0.281 e. The van der Waals surface area contributed by atoms with Crippen LogP contribution in [-0.4, -0.2) is 11.8 Å². The second kappa shape index (κ2) is 5.68. The Bertz CT molecular complexity index is 728. The van der Waals surface area contributed by atoms with Crippen molar-refractivity contribution in [2.75, 3.05) is 0 Å². The highest BCUT2D eigenvalue weighted by molar-refractivity contribution is 7.15. The Hall–Kier alpha value is -2.45. The van der Waals surface area contributed by atoms with Gasteiger partial charge in [-0.15, -0.1) is 17.8 Å². The van der Waals surface area contributed by atoms with Crippen LogP contribution >= 0.6 is 11.3 Å². The summed E-state index contributed by atoms with van der Waals surface area (Å²) in [6.07, 6.45) is 4.90. The second-order valence-corrected chi connectivity index (χ2v) is 5.27. The maximum absolute atomic E-state index is 13.2. The van der Waals surface area contributed by atoms with E-state index in [1.807, 2.05) is 5.92 Å². The lowest BCUT2D eigenvalue weighted by Gasteiger charge is -1.98. The largest absolute Gasteiger partial charge is 0.302 e. The average Bonchev–Trinajstić information content (AvgIpc) is 2.80. The molecule has 0 fully saturated rings. The summed E-state index contributed by atoms with van der Waals surface area (Å²) in [6.45, 7) is 1.75. The summed E-state index contributed by atoms with van der Waals surface area (Å²) in [5.74, 6) is 0.133. The Morgan fingerprint density at radius 3 is 2.75 bits per heavy atom. The van der Waals surface area contributed by atoms with Crippen LogP contribution in [0.25, 0.3) is 10.4 Å². The predicted octanol–water partition coefficient (Wildman–Crippen LogP) is 2.75. The molecule has 2 aromatic rings. The molecule has 0 atom stereocenters. The Kier molecular flexibility index (Phi) is 3.97. The van der Waals surface area contributed by atoms with Gasteiger partial charge in [0.1, 0.15) is 5.82 Å². The van der Waals surface area contributed by atoms with Crippen LogP contribution in [0, 0.1) is 25.1 Å². The lowest BCUT2D eigenvalue weighted by Crippen LogP contribution is -2.29. The molecular formula is C15H10FNO2S. The van der Waals surface area contributed by atoms with Crippen LogP contribution in [-0.2, 0) is 4.79 Å². The zero-order valence-corrected chi connectivity index (χ0v) is 11.4. The van der Waals surface area contributed by atoms with Crippen LogP contribution in [0.4, 0.5) is 4.39 Å². The second-order valence-electron chi connectivity index (χ2n) is 4.02. The van der Waals surface area contributed by atoms with Gasteiger partial charge in [0.15, 0.2) is 0 Å². The van der Waals surface area contributed by atoms with Crippen molar-refractivity contribution in [1.29, 1.82) is 0 Å². The highest BCUT2D eigenvalue weighted by atomic mass is 32.1. The van der Waals surface area contributed by atoms with Crippen molar-refractivity contribution in [2.24, 2.45) is 0 Å². The van der Waals surface area contributed by atoms with E-state index in [1.165, 1.54) is 23.5 Å². The van der Waals surface area contributed by atoms with Crippen LogP contribution in [0.5, 0.6) is 0 Å². The molecule has 2 amide bonds. The van der Waals surface area contributed by atoms with Gasteiger partial charge in [-0.3, -0.25) is 14.9 Å². The van der Waals surface area contributed by atoms with E-state index in [9.17, 15) is 14.0 Å². The monoisotopic (exact) mass is 287 g/mol. The third kappa shape index (κ3) is 2.92. The molecule has 0 aliphatic rings. The molecule has 20 heavy (non-hydrogen) atoms. The molecule has 0 saturated carbocycles. The maximum atomic E-state index is 13.2. The van der Waals surface area contributed by atoms with Crippen molar-refractivity contribution in [2.45, 2.75) is 6.92 Å². The topological polar surface area (TPSA) is 46.2 Å². The molecule has 0 saturated heterocycles. The quantitative estimate of drug-likeness (QED) is 0.863. The number of terminal acetylenes is 1. The summed E-state index contributed by atoms with van der Waals surface area (Å²) in [5, 5.41) is 2.08. The number of imide groups is 1.